The number of aromatic amines is 1. The number of benzene rings is 1. The number of hydrogen-bond acceptors (Lipinski definition) is 4. The maximum absolute atomic E-state index is 9.84. The lowest BCUT2D eigenvalue weighted by molar-refractivity contribution is 0.303. The summed E-state index contributed by atoms with van der Waals surface area (Å²) in [5, 5.41) is 15.4. The number of phenolic OH excluding ortho intramolecular Hbond substituents is 1. The molecule has 0 spiro atoms. The predicted molar refractivity (Wildman–Crippen MR) is 101 cm³/mol. The van der Waals surface area contributed by atoms with Gasteiger partial charge >= 0.3 is 0 Å². The molecule has 3 aromatic rings. The fourth-order valence-electron chi connectivity index (χ4n) is 3.20. The van der Waals surface area contributed by atoms with Gasteiger partial charge < -0.3 is 20.3 Å². The topological polar surface area (TPSA) is 64.2 Å². The minimum Gasteiger partial charge on any atom is -0.508 e. The lowest BCUT2D eigenvalue weighted by atomic mass is 10.1. The number of nitrogens with zero attached hydrogens (tertiary/aromatic N) is 2. The Bertz CT molecular complexity index is 836. The third kappa shape index (κ3) is 3.17. The summed E-state index contributed by atoms with van der Waals surface area (Å²) in [6, 6.07) is 5.42. The average Bonchev–Trinajstić information content (AvgIpc) is 2.96. The smallest absolute Gasteiger partial charge is 0.136 e. The van der Waals surface area contributed by atoms with Crippen molar-refractivity contribution in [2.75, 3.05) is 31.5 Å². The van der Waals surface area contributed by atoms with Crippen LogP contribution in [0.3, 0.4) is 0 Å². The third-order valence-electron chi connectivity index (χ3n) is 4.64. The number of phenols is 1. The number of pyridine rings is 1. The molecule has 0 saturated heterocycles. The van der Waals surface area contributed by atoms with E-state index in [0.29, 0.717) is 0 Å². The molecule has 0 aliphatic carbocycles. The van der Waals surface area contributed by atoms with E-state index in [1.54, 1.807) is 12.1 Å². The SMILES string of the molecule is CCN(CC)CCCNc1ncc(C)c2[nH]c3ccc(O)cc3c12. The molecule has 0 amide bonds. The van der Waals surface area contributed by atoms with E-state index in [9.17, 15) is 5.11 Å². The minimum atomic E-state index is 0.275. The summed E-state index contributed by atoms with van der Waals surface area (Å²) in [7, 11) is 0. The van der Waals surface area contributed by atoms with E-state index in [4.69, 9.17) is 0 Å². The van der Waals surface area contributed by atoms with Gasteiger partial charge in [-0.25, -0.2) is 4.98 Å². The zero-order valence-corrected chi connectivity index (χ0v) is 14.7. The molecule has 5 heteroatoms. The molecule has 0 radical (unpaired) electrons. The van der Waals surface area contributed by atoms with Crippen LogP contribution in [0.2, 0.25) is 0 Å². The molecule has 2 heterocycles. The van der Waals surface area contributed by atoms with Gasteiger partial charge in [0.2, 0.25) is 0 Å². The highest BCUT2D eigenvalue weighted by Gasteiger charge is 2.12. The van der Waals surface area contributed by atoms with Crippen LogP contribution in [-0.2, 0) is 0 Å². The predicted octanol–water partition coefficient (Wildman–Crippen LogP) is 3.87. The fraction of sp³-hybridized carbons (Fsp3) is 0.421. The lowest BCUT2D eigenvalue weighted by Gasteiger charge is -2.18. The Kier molecular flexibility index (Phi) is 4.90. The van der Waals surface area contributed by atoms with Gasteiger partial charge in [0.15, 0.2) is 0 Å². The molecule has 3 N–H and O–H groups in total. The first-order valence-corrected chi connectivity index (χ1v) is 8.70. The van der Waals surface area contributed by atoms with Crippen molar-refractivity contribution in [2.45, 2.75) is 27.2 Å². The Hall–Kier alpha value is -2.27. The van der Waals surface area contributed by atoms with Crippen molar-refractivity contribution in [3.63, 3.8) is 0 Å². The molecule has 3 rings (SSSR count). The number of aromatic hydroxyl groups is 1. The van der Waals surface area contributed by atoms with E-state index >= 15 is 0 Å². The van der Waals surface area contributed by atoms with Crippen LogP contribution in [0, 0.1) is 6.92 Å². The quantitative estimate of drug-likeness (QED) is 0.577. The van der Waals surface area contributed by atoms with Crippen molar-refractivity contribution in [3.05, 3.63) is 30.0 Å². The van der Waals surface area contributed by atoms with Gasteiger partial charge in [0.05, 0.1) is 10.9 Å². The molecule has 128 valence electrons. The van der Waals surface area contributed by atoms with Crippen molar-refractivity contribution in [2.24, 2.45) is 0 Å². The van der Waals surface area contributed by atoms with Gasteiger partial charge in [-0.2, -0.15) is 0 Å². The van der Waals surface area contributed by atoms with Gasteiger partial charge in [-0.1, -0.05) is 13.8 Å². The lowest BCUT2D eigenvalue weighted by Crippen LogP contribution is -2.25. The number of hydrogen-bond donors (Lipinski definition) is 3. The molecule has 0 atom stereocenters. The Labute approximate surface area is 142 Å². The molecular formula is C19H26N4O. The summed E-state index contributed by atoms with van der Waals surface area (Å²) in [6.07, 6.45) is 2.97. The van der Waals surface area contributed by atoms with Crippen LogP contribution in [-0.4, -0.2) is 46.2 Å². The summed E-state index contributed by atoms with van der Waals surface area (Å²) in [5.41, 5.74) is 3.20. The van der Waals surface area contributed by atoms with E-state index in [1.807, 2.05) is 12.3 Å². The van der Waals surface area contributed by atoms with E-state index in [1.165, 1.54) is 0 Å². The largest absolute Gasteiger partial charge is 0.508 e. The van der Waals surface area contributed by atoms with Gasteiger partial charge in [-0.3, -0.25) is 0 Å². The molecule has 24 heavy (non-hydrogen) atoms. The summed E-state index contributed by atoms with van der Waals surface area (Å²) >= 11 is 0. The maximum atomic E-state index is 9.84. The van der Waals surface area contributed by atoms with E-state index in [0.717, 1.165) is 65.8 Å². The first kappa shape index (κ1) is 16.6. The summed E-state index contributed by atoms with van der Waals surface area (Å²) in [4.78, 5) is 10.5. The maximum Gasteiger partial charge on any atom is 0.136 e. The average molecular weight is 326 g/mol. The van der Waals surface area contributed by atoms with Gasteiger partial charge in [0.25, 0.3) is 0 Å². The van der Waals surface area contributed by atoms with Crippen LogP contribution in [0.4, 0.5) is 5.82 Å². The number of rotatable bonds is 7. The first-order valence-electron chi connectivity index (χ1n) is 8.70. The van der Waals surface area contributed by atoms with E-state index in [2.05, 4.69) is 41.0 Å². The standard InChI is InChI=1S/C19H26N4O/c1-4-23(5-2)10-6-9-20-19-17-15-11-14(24)7-8-16(15)22-18(17)13(3)12-21-19/h7-8,11-12,22,24H,4-6,9-10H2,1-3H3,(H,20,21). The number of fused-ring (bicyclic) bond motifs is 3. The molecule has 0 aliphatic rings. The molecule has 0 fully saturated rings. The van der Waals surface area contributed by atoms with Gasteiger partial charge in [0.1, 0.15) is 11.6 Å². The molecule has 2 aromatic heterocycles. The zero-order valence-electron chi connectivity index (χ0n) is 14.7. The highest BCUT2D eigenvalue weighted by Crippen LogP contribution is 2.33. The van der Waals surface area contributed by atoms with Crippen LogP contribution < -0.4 is 5.32 Å². The molecule has 1 aromatic carbocycles. The molecule has 0 bridgehead atoms. The first-order chi connectivity index (χ1) is 11.6. The number of aromatic nitrogens is 2. The summed E-state index contributed by atoms with van der Waals surface area (Å²) in [5.74, 6) is 1.16. The van der Waals surface area contributed by atoms with Gasteiger partial charge in [-0.15, -0.1) is 0 Å². The number of aryl methyl sites for hydroxylation is 1. The van der Waals surface area contributed by atoms with Crippen molar-refractivity contribution >= 4 is 27.6 Å². The van der Waals surface area contributed by atoms with Crippen molar-refractivity contribution < 1.29 is 5.11 Å². The molecule has 0 unspecified atom stereocenters. The second-order valence-corrected chi connectivity index (χ2v) is 6.20. The normalized spacial score (nSPS) is 11.7. The van der Waals surface area contributed by atoms with E-state index < -0.39 is 0 Å². The highest BCUT2D eigenvalue weighted by molar-refractivity contribution is 6.13. The number of nitrogens with one attached hydrogen (secondary N) is 2. The Balaban J connectivity index is 1.86. The zero-order chi connectivity index (χ0) is 17.1. The second kappa shape index (κ2) is 7.09. The van der Waals surface area contributed by atoms with Crippen molar-refractivity contribution in [3.8, 4) is 5.75 Å². The monoisotopic (exact) mass is 326 g/mol. The van der Waals surface area contributed by atoms with Crippen molar-refractivity contribution in [1.29, 1.82) is 0 Å². The minimum absolute atomic E-state index is 0.275. The second-order valence-electron chi connectivity index (χ2n) is 6.20. The highest BCUT2D eigenvalue weighted by atomic mass is 16.3. The van der Waals surface area contributed by atoms with Crippen LogP contribution in [0.5, 0.6) is 5.75 Å². The van der Waals surface area contributed by atoms with Crippen LogP contribution in [0.1, 0.15) is 25.8 Å². The fourth-order valence-corrected chi connectivity index (χ4v) is 3.20. The third-order valence-corrected chi connectivity index (χ3v) is 4.64. The van der Waals surface area contributed by atoms with Gasteiger partial charge in [-0.05, 0) is 56.7 Å². The van der Waals surface area contributed by atoms with Gasteiger partial charge in [0, 0.05) is 23.6 Å². The summed E-state index contributed by atoms with van der Waals surface area (Å²) in [6.45, 7) is 10.6. The Morgan fingerprint density at radius 3 is 2.79 bits per heavy atom. The Morgan fingerprint density at radius 2 is 2.04 bits per heavy atom. The Morgan fingerprint density at radius 1 is 1.25 bits per heavy atom. The van der Waals surface area contributed by atoms with Crippen molar-refractivity contribution in [1.82, 2.24) is 14.9 Å². The van der Waals surface area contributed by atoms with Crippen LogP contribution in [0.25, 0.3) is 21.8 Å². The summed E-state index contributed by atoms with van der Waals surface area (Å²) < 4.78 is 0. The van der Waals surface area contributed by atoms with E-state index in [-0.39, 0.29) is 5.75 Å². The molecule has 5 nitrogen and oxygen atoms in total. The van der Waals surface area contributed by atoms with Crippen LogP contribution >= 0.6 is 0 Å². The van der Waals surface area contributed by atoms with Crippen LogP contribution in [0.15, 0.2) is 24.4 Å². The molecular weight excluding hydrogens is 300 g/mol. The molecule has 0 saturated carbocycles. The number of anilines is 1. The molecule has 0 aliphatic heterocycles. The number of H-pyrrole nitrogens is 1.